The zero-order chi connectivity index (χ0) is 20.8. The second kappa shape index (κ2) is 9.25. The molecule has 0 saturated heterocycles. The Morgan fingerprint density at radius 3 is 2.23 bits per heavy atom. The fourth-order valence-electron chi connectivity index (χ4n) is 3.27. The summed E-state index contributed by atoms with van der Waals surface area (Å²) in [5.41, 5.74) is 3.89. The quantitative estimate of drug-likeness (QED) is 0.404. The van der Waals surface area contributed by atoms with Gasteiger partial charge in [-0.3, -0.25) is 4.79 Å². The third-order valence-corrected chi connectivity index (χ3v) is 4.98. The summed E-state index contributed by atoms with van der Waals surface area (Å²) in [5, 5.41) is 3.60. The van der Waals surface area contributed by atoms with Crippen molar-refractivity contribution < 1.29 is 4.79 Å². The molecule has 4 aromatic rings. The fraction of sp³-hybridized carbons (Fsp3) is 0.0400. The molecule has 1 atom stereocenters. The summed E-state index contributed by atoms with van der Waals surface area (Å²) in [6.07, 6.45) is 8.81. The second-order valence-electron chi connectivity index (χ2n) is 6.82. The molecule has 0 bridgehead atoms. The molecular weight excluding hydrogens is 394 g/mol. The molecule has 30 heavy (non-hydrogen) atoms. The Morgan fingerprint density at radius 2 is 1.60 bits per heavy atom. The first-order valence-electron chi connectivity index (χ1n) is 9.56. The SMILES string of the molecule is O=C(/C=C/c1ccccc1)Nc1ccc(C(c2ccc(Cl)cc2)n2ccnc2)cc1. The molecule has 3 aromatic carbocycles. The van der Waals surface area contributed by atoms with Crippen LogP contribution < -0.4 is 5.32 Å². The molecule has 0 aliphatic carbocycles. The number of aromatic nitrogens is 2. The summed E-state index contributed by atoms with van der Waals surface area (Å²) in [6, 6.07) is 25.3. The van der Waals surface area contributed by atoms with Gasteiger partial charge in [0.15, 0.2) is 0 Å². The average molecular weight is 414 g/mol. The van der Waals surface area contributed by atoms with Crippen LogP contribution in [0.4, 0.5) is 5.69 Å². The fourth-order valence-corrected chi connectivity index (χ4v) is 3.40. The van der Waals surface area contributed by atoms with E-state index in [0.717, 1.165) is 22.4 Å². The van der Waals surface area contributed by atoms with E-state index < -0.39 is 0 Å². The lowest BCUT2D eigenvalue weighted by molar-refractivity contribution is -0.111. The molecule has 1 amide bonds. The van der Waals surface area contributed by atoms with Gasteiger partial charge < -0.3 is 9.88 Å². The van der Waals surface area contributed by atoms with Gasteiger partial charge in [-0.05, 0) is 47.0 Å². The van der Waals surface area contributed by atoms with Gasteiger partial charge in [-0.25, -0.2) is 4.98 Å². The van der Waals surface area contributed by atoms with Crippen molar-refractivity contribution in [2.24, 2.45) is 0 Å². The van der Waals surface area contributed by atoms with Crippen LogP contribution in [0.5, 0.6) is 0 Å². The minimum atomic E-state index is -0.171. The maximum Gasteiger partial charge on any atom is 0.248 e. The molecule has 4 rings (SSSR count). The third-order valence-electron chi connectivity index (χ3n) is 4.73. The second-order valence-corrected chi connectivity index (χ2v) is 7.26. The normalized spacial score (nSPS) is 12.0. The van der Waals surface area contributed by atoms with Gasteiger partial charge in [-0.1, -0.05) is 66.2 Å². The number of nitrogens with zero attached hydrogens (tertiary/aromatic N) is 2. The first-order valence-corrected chi connectivity index (χ1v) is 9.94. The first-order chi connectivity index (χ1) is 14.7. The van der Waals surface area contributed by atoms with Gasteiger partial charge in [0, 0.05) is 29.2 Å². The summed E-state index contributed by atoms with van der Waals surface area (Å²) >= 11 is 6.06. The van der Waals surface area contributed by atoms with Crippen LogP contribution in [0.15, 0.2) is 104 Å². The van der Waals surface area contributed by atoms with Crippen molar-refractivity contribution in [1.82, 2.24) is 9.55 Å². The zero-order valence-electron chi connectivity index (χ0n) is 16.2. The van der Waals surface area contributed by atoms with Gasteiger partial charge in [-0.2, -0.15) is 0 Å². The minimum Gasteiger partial charge on any atom is -0.326 e. The monoisotopic (exact) mass is 413 g/mol. The molecule has 4 nitrogen and oxygen atoms in total. The highest BCUT2D eigenvalue weighted by Crippen LogP contribution is 2.28. The highest BCUT2D eigenvalue weighted by molar-refractivity contribution is 6.30. The molecule has 1 heterocycles. The van der Waals surface area contributed by atoms with Crippen molar-refractivity contribution in [1.29, 1.82) is 0 Å². The van der Waals surface area contributed by atoms with Crippen LogP contribution in [-0.2, 0) is 4.79 Å². The highest BCUT2D eigenvalue weighted by atomic mass is 35.5. The number of carbonyl (C=O) groups is 1. The number of hydrogen-bond acceptors (Lipinski definition) is 2. The van der Waals surface area contributed by atoms with Crippen molar-refractivity contribution in [3.8, 4) is 0 Å². The summed E-state index contributed by atoms with van der Waals surface area (Å²) < 4.78 is 2.04. The zero-order valence-corrected chi connectivity index (χ0v) is 16.9. The van der Waals surface area contributed by atoms with E-state index in [2.05, 4.69) is 10.3 Å². The Kier molecular flexibility index (Phi) is 6.06. The van der Waals surface area contributed by atoms with E-state index in [1.807, 2.05) is 89.6 Å². The molecule has 0 spiro atoms. The van der Waals surface area contributed by atoms with E-state index >= 15 is 0 Å². The van der Waals surface area contributed by atoms with E-state index in [4.69, 9.17) is 11.6 Å². The topological polar surface area (TPSA) is 46.9 Å². The van der Waals surface area contributed by atoms with Gasteiger partial charge >= 0.3 is 0 Å². The van der Waals surface area contributed by atoms with E-state index in [9.17, 15) is 4.79 Å². The maximum atomic E-state index is 12.2. The maximum absolute atomic E-state index is 12.2. The van der Waals surface area contributed by atoms with Crippen LogP contribution in [0.25, 0.3) is 6.08 Å². The van der Waals surface area contributed by atoms with Gasteiger partial charge in [0.2, 0.25) is 5.91 Å². The largest absolute Gasteiger partial charge is 0.326 e. The summed E-state index contributed by atoms with van der Waals surface area (Å²) in [7, 11) is 0. The molecule has 1 N–H and O–H groups in total. The number of halogens is 1. The van der Waals surface area contributed by atoms with Gasteiger partial charge in [0.05, 0.1) is 12.4 Å². The molecule has 0 radical (unpaired) electrons. The van der Waals surface area contributed by atoms with E-state index in [0.29, 0.717) is 5.02 Å². The van der Waals surface area contributed by atoms with Gasteiger partial charge in [0.25, 0.3) is 0 Å². The van der Waals surface area contributed by atoms with Crippen molar-refractivity contribution in [3.63, 3.8) is 0 Å². The van der Waals surface area contributed by atoms with Gasteiger partial charge in [-0.15, -0.1) is 0 Å². The lowest BCUT2D eigenvalue weighted by atomic mass is 9.98. The Hall–Kier alpha value is -3.63. The number of imidazole rings is 1. The van der Waals surface area contributed by atoms with Crippen LogP contribution in [0.1, 0.15) is 22.7 Å². The average Bonchev–Trinajstić information content (AvgIpc) is 3.30. The number of rotatable bonds is 6. The standard InChI is InChI=1S/C25H20ClN3O/c26-22-11-7-20(8-12-22)25(29-17-16-27-18-29)21-9-13-23(14-10-21)28-24(30)15-6-19-4-2-1-3-5-19/h1-18,25H,(H,28,30)/b15-6+. The van der Waals surface area contributed by atoms with Crippen molar-refractivity contribution >= 4 is 29.3 Å². The van der Waals surface area contributed by atoms with E-state index in [1.54, 1.807) is 18.6 Å². The lowest BCUT2D eigenvalue weighted by Crippen LogP contribution is -2.11. The molecule has 0 aliphatic heterocycles. The smallest absolute Gasteiger partial charge is 0.248 e. The molecule has 148 valence electrons. The Morgan fingerprint density at radius 1 is 0.933 bits per heavy atom. The molecule has 1 aromatic heterocycles. The van der Waals surface area contributed by atoms with Crippen LogP contribution in [0.3, 0.4) is 0 Å². The van der Waals surface area contributed by atoms with Crippen molar-refractivity contribution in [2.75, 3.05) is 5.32 Å². The summed E-state index contributed by atoms with van der Waals surface area (Å²) in [4.78, 5) is 16.4. The Bertz CT molecular complexity index is 1120. The number of hydrogen-bond donors (Lipinski definition) is 1. The van der Waals surface area contributed by atoms with Crippen LogP contribution in [0, 0.1) is 0 Å². The molecule has 0 aliphatic rings. The number of benzene rings is 3. The predicted octanol–water partition coefficient (Wildman–Crippen LogP) is 5.83. The minimum absolute atomic E-state index is 0.0347. The summed E-state index contributed by atoms with van der Waals surface area (Å²) in [5.74, 6) is -0.171. The third kappa shape index (κ3) is 4.85. The van der Waals surface area contributed by atoms with Gasteiger partial charge in [0.1, 0.15) is 0 Å². The predicted molar refractivity (Wildman–Crippen MR) is 121 cm³/mol. The first kappa shape index (κ1) is 19.7. The van der Waals surface area contributed by atoms with E-state index in [1.165, 1.54) is 6.08 Å². The van der Waals surface area contributed by atoms with Crippen molar-refractivity contribution in [2.45, 2.75) is 6.04 Å². The highest BCUT2D eigenvalue weighted by Gasteiger charge is 2.16. The number of carbonyl (C=O) groups excluding carboxylic acids is 1. The van der Waals surface area contributed by atoms with E-state index in [-0.39, 0.29) is 11.9 Å². The number of anilines is 1. The van der Waals surface area contributed by atoms with Crippen molar-refractivity contribution in [3.05, 3.63) is 125 Å². The number of amides is 1. The Labute approximate surface area is 180 Å². The molecule has 5 heteroatoms. The molecular formula is C25H20ClN3O. The molecule has 0 fully saturated rings. The lowest BCUT2D eigenvalue weighted by Gasteiger charge is -2.20. The van der Waals surface area contributed by atoms with Crippen LogP contribution >= 0.6 is 11.6 Å². The van der Waals surface area contributed by atoms with Crippen LogP contribution in [-0.4, -0.2) is 15.5 Å². The molecule has 1 unspecified atom stereocenters. The Balaban J connectivity index is 1.51. The van der Waals surface area contributed by atoms with Crippen LogP contribution in [0.2, 0.25) is 5.02 Å². The summed E-state index contributed by atoms with van der Waals surface area (Å²) in [6.45, 7) is 0. The number of nitrogens with one attached hydrogen (secondary N) is 1. The molecule has 0 saturated carbocycles.